The number of urea groups is 1. The smallest absolute Gasteiger partial charge is 0.354 e. The number of carboxylic acids is 1. The molecule has 8 heteroatoms. The highest BCUT2D eigenvalue weighted by atomic mass is 16.4. The van der Waals surface area contributed by atoms with Gasteiger partial charge in [-0.3, -0.25) is 9.69 Å². The number of hydrogen-bond donors (Lipinski definition) is 1. The van der Waals surface area contributed by atoms with Crippen LogP contribution in [0.2, 0.25) is 0 Å². The van der Waals surface area contributed by atoms with Crippen LogP contribution >= 0.6 is 0 Å². The van der Waals surface area contributed by atoms with E-state index in [9.17, 15) is 19.5 Å². The summed E-state index contributed by atoms with van der Waals surface area (Å²) < 4.78 is 0. The molecule has 0 saturated carbocycles. The number of carbonyl (C=O) groups is 3. The van der Waals surface area contributed by atoms with Crippen LogP contribution in [0.1, 0.15) is 51.0 Å². The molecule has 2 aliphatic heterocycles. The first-order valence-corrected chi connectivity index (χ1v) is 10.2. The van der Waals surface area contributed by atoms with E-state index in [-0.39, 0.29) is 29.5 Å². The van der Waals surface area contributed by atoms with E-state index in [0.29, 0.717) is 39.0 Å². The number of piperidine rings is 1. The minimum Gasteiger partial charge on any atom is -0.477 e. The molecule has 0 bridgehead atoms. The molecule has 0 aliphatic carbocycles. The van der Waals surface area contributed by atoms with Crippen LogP contribution in [-0.4, -0.2) is 69.5 Å². The zero-order valence-corrected chi connectivity index (χ0v) is 17.6. The van der Waals surface area contributed by atoms with Gasteiger partial charge >= 0.3 is 12.0 Å². The highest BCUT2D eigenvalue weighted by Gasteiger charge is 2.57. The highest BCUT2D eigenvalue weighted by molar-refractivity contribution is 6.07. The van der Waals surface area contributed by atoms with Gasteiger partial charge in [0, 0.05) is 38.1 Å². The van der Waals surface area contributed by atoms with Crippen molar-refractivity contribution in [3.63, 3.8) is 0 Å². The van der Waals surface area contributed by atoms with Gasteiger partial charge in [-0.2, -0.15) is 0 Å². The Balaban J connectivity index is 1.83. The lowest BCUT2D eigenvalue weighted by atomic mass is 9.85. The summed E-state index contributed by atoms with van der Waals surface area (Å²) in [4.78, 5) is 46.8. The fourth-order valence-corrected chi connectivity index (χ4v) is 4.28. The SMILES string of the molecule is CC(C)CN1C(=O)N(CC(C)C)C2(CCN(c3ccnc(C(=O)O)c3)CC2)C1=O. The van der Waals surface area contributed by atoms with Crippen LogP contribution in [0.15, 0.2) is 18.3 Å². The molecule has 0 radical (unpaired) electrons. The molecule has 3 heterocycles. The van der Waals surface area contributed by atoms with Gasteiger partial charge in [-0.05, 0) is 36.8 Å². The van der Waals surface area contributed by atoms with Crippen LogP contribution < -0.4 is 4.90 Å². The van der Waals surface area contributed by atoms with Crippen molar-refractivity contribution in [2.45, 2.75) is 46.1 Å². The lowest BCUT2D eigenvalue weighted by Gasteiger charge is -2.43. The Kier molecular flexibility index (Phi) is 5.82. The molecule has 29 heavy (non-hydrogen) atoms. The maximum atomic E-state index is 13.4. The maximum absolute atomic E-state index is 13.4. The molecule has 0 unspecified atom stereocenters. The number of anilines is 1. The monoisotopic (exact) mass is 402 g/mol. The van der Waals surface area contributed by atoms with Crippen molar-refractivity contribution in [3.8, 4) is 0 Å². The normalized spacial score (nSPS) is 19.2. The number of amides is 3. The van der Waals surface area contributed by atoms with E-state index < -0.39 is 11.5 Å². The summed E-state index contributed by atoms with van der Waals surface area (Å²) in [5.41, 5.74) is -0.0204. The first-order valence-electron chi connectivity index (χ1n) is 10.2. The third-order valence-electron chi connectivity index (χ3n) is 5.64. The van der Waals surface area contributed by atoms with Crippen molar-refractivity contribution >= 4 is 23.6 Å². The Morgan fingerprint density at radius 2 is 1.76 bits per heavy atom. The van der Waals surface area contributed by atoms with Crippen molar-refractivity contribution in [2.24, 2.45) is 11.8 Å². The van der Waals surface area contributed by atoms with E-state index in [4.69, 9.17) is 0 Å². The van der Waals surface area contributed by atoms with Crippen LogP contribution in [0.4, 0.5) is 10.5 Å². The van der Waals surface area contributed by atoms with Crippen LogP contribution in [0.25, 0.3) is 0 Å². The van der Waals surface area contributed by atoms with Crippen molar-refractivity contribution in [3.05, 3.63) is 24.0 Å². The lowest BCUT2D eigenvalue weighted by Crippen LogP contribution is -2.57. The van der Waals surface area contributed by atoms with E-state index >= 15 is 0 Å². The van der Waals surface area contributed by atoms with Gasteiger partial charge in [0.2, 0.25) is 0 Å². The summed E-state index contributed by atoms with van der Waals surface area (Å²) in [6.45, 7) is 10.3. The number of aromatic carboxylic acids is 1. The van der Waals surface area contributed by atoms with Crippen LogP contribution in [-0.2, 0) is 4.79 Å². The summed E-state index contributed by atoms with van der Waals surface area (Å²) in [5, 5.41) is 9.18. The summed E-state index contributed by atoms with van der Waals surface area (Å²) in [6.07, 6.45) is 2.55. The van der Waals surface area contributed by atoms with E-state index in [0.717, 1.165) is 5.69 Å². The number of nitrogens with zero attached hydrogens (tertiary/aromatic N) is 4. The minimum absolute atomic E-state index is 0.000509. The number of aromatic nitrogens is 1. The second-order valence-corrected chi connectivity index (χ2v) is 8.82. The Bertz CT molecular complexity index is 800. The molecule has 3 rings (SSSR count). The number of pyridine rings is 1. The van der Waals surface area contributed by atoms with Crippen LogP contribution in [0.5, 0.6) is 0 Å². The molecule has 2 fully saturated rings. The molecule has 1 aromatic heterocycles. The largest absolute Gasteiger partial charge is 0.477 e. The van der Waals surface area contributed by atoms with Gasteiger partial charge in [-0.1, -0.05) is 27.7 Å². The first-order chi connectivity index (χ1) is 13.7. The fourth-order valence-electron chi connectivity index (χ4n) is 4.28. The standard InChI is InChI=1S/C21H30N4O4/c1-14(2)12-24-19(28)21(25(20(24)29)13-15(3)4)6-9-23(10-7-21)16-5-8-22-17(11-16)18(26)27/h5,8,11,14-15H,6-7,9-10,12-13H2,1-4H3,(H,26,27). The maximum Gasteiger partial charge on any atom is 0.354 e. The van der Waals surface area contributed by atoms with Gasteiger partial charge in [0.05, 0.1) is 0 Å². The van der Waals surface area contributed by atoms with Crippen LogP contribution in [0, 0.1) is 11.8 Å². The van der Waals surface area contributed by atoms with Crippen molar-refractivity contribution < 1.29 is 19.5 Å². The summed E-state index contributed by atoms with van der Waals surface area (Å²) in [5.74, 6) is -0.675. The molecule has 0 atom stereocenters. The lowest BCUT2D eigenvalue weighted by molar-refractivity contribution is -0.134. The number of carboxylic acid groups (broad SMARTS) is 1. The van der Waals surface area contributed by atoms with Gasteiger partial charge in [0.1, 0.15) is 11.2 Å². The number of rotatable bonds is 6. The second-order valence-electron chi connectivity index (χ2n) is 8.82. The van der Waals surface area contributed by atoms with E-state index in [1.54, 1.807) is 17.0 Å². The molecule has 8 nitrogen and oxygen atoms in total. The van der Waals surface area contributed by atoms with Crippen LogP contribution in [0.3, 0.4) is 0 Å². The quantitative estimate of drug-likeness (QED) is 0.735. The number of carbonyl (C=O) groups excluding carboxylic acids is 2. The average molecular weight is 402 g/mol. The summed E-state index contributed by atoms with van der Waals surface area (Å²) in [7, 11) is 0. The van der Waals surface area contributed by atoms with E-state index in [1.807, 2.05) is 13.8 Å². The summed E-state index contributed by atoms with van der Waals surface area (Å²) >= 11 is 0. The molecule has 2 saturated heterocycles. The molecule has 2 aliphatic rings. The van der Waals surface area contributed by atoms with Crippen molar-refractivity contribution in [1.82, 2.24) is 14.8 Å². The highest BCUT2D eigenvalue weighted by Crippen LogP contribution is 2.39. The second kappa shape index (κ2) is 8.00. The molecule has 1 spiro atoms. The number of imide groups is 1. The molecule has 1 N–H and O–H groups in total. The Hall–Kier alpha value is -2.64. The van der Waals surface area contributed by atoms with Gasteiger partial charge in [-0.15, -0.1) is 0 Å². The van der Waals surface area contributed by atoms with Gasteiger partial charge in [-0.25, -0.2) is 14.6 Å². The minimum atomic E-state index is -1.07. The molecule has 1 aromatic rings. The van der Waals surface area contributed by atoms with Crippen molar-refractivity contribution in [2.75, 3.05) is 31.1 Å². The summed E-state index contributed by atoms with van der Waals surface area (Å²) in [6, 6.07) is 3.16. The number of hydrogen-bond acceptors (Lipinski definition) is 5. The Morgan fingerprint density at radius 1 is 1.14 bits per heavy atom. The average Bonchev–Trinajstić information content (AvgIpc) is 2.84. The Morgan fingerprint density at radius 3 is 2.31 bits per heavy atom. The fraction of sp³-hybridized carbons (Fsp3) is 0.619. The van der Waals surface area contributed by atoms with E-state index in [1.165, 1.54) is 11.1 Å². The molecular weight excluding hydrogens is 372 g/mol. The van der Waals surface area contributed by atoms with Gasteiger partial charge in [0.25, 0.3) is 5.91 Å². The topological polar surface area (TPSA) is 94.1 Å². The van der Waals surface area contributed by atoms with Gasteiger partial charge in [0.15, 0.2) is 0 Å². The van der Waals surface area contributed by atoms with Crippen molar-refractivity contribution in [1.29, 1.82) is 0 Å². The Labute approximate surface area is 171 Å². The zero-order valence-electron chi connectivity index (χ0n) is 17.6. The van der Waals surface area contributed by atoms with E-state index in [2.05, 4.69) is 23.7 Å². The predicted octanol–water partition coefficient (Wildman–Crippen LogP) is 2.70. The molecule has 158 valence electrons. The molecule has 3 amide bonds. The molecule has 0 aromatic carbocycles. The predicted molar refractivity (Wildman–Crippen MR) is 109 cm³/mol. The third-order valence-corrected chi connectivity index (χ3v) is 5.64. The van der Waals surface area contributed by atoms with Gasteiger partial charge < -0.3 is 14.9 Å². The zero-order chi connectivity index (χ0) is 21.3. The third kappa shape index (κ3) is 3.93. The first kappa shape index (κ1) is 21.1. The molecular formula is C21H30N4O4.